The monoisotopic (exact) mass is 450 g/mol. The van der Waals surface area contributed by atoms with Gasteiger partial charge in [-0.15, -0.1) is 0 Å². The molecule has 1 aromatic carbocycles. The van der Waals surface area contributed by atoms with Crippen molar-refractivity contribution in [3.8, 4) is 0 Å². The van der Waals surface area contributed by atoms with Gasteiger partial charge < -0.3 is 15.7 Å². The highest BCUT2D eigenvalue weighted by Gasteiger charge is 2.34. The standard InChI is InChI=1S/C20H21F3N6O3/c1-12-9-18(29(2)27-12)26-17-10-16(14(11-24-17)20(21,22)23)25-15-6-4-3-5-13(15)19(31)28-32-8-7-30/h3-6,9-11,30H,7-8H2,1-2H3,(H,28,31)(H2,24,25,26). The van der Waals surface area contributed by atoms with Crippen molar-refractivity contribution in [2.45, 2.75) is 13.1 Å². The van der Waals surface area contributed by atoms with E-state index >= 15 is 0 Å². The molecule has 0 radical (unpaired) electrons. The number of pyridine rings is 1. The Morgan fingerprint density at radius 1 is 1.19 bits per heavy atom. The van der Waals surface area contributed by atoms with Crippen molar-refractivity contribution in [3.63, 3.8) is 0 Å². The van der Waals surface area contributed by atoms with Gasteiger partial charge in [-0.2, -0.15) is 18.3 Å². The molecule has 0 unspecified atom stereocenters. The molecule has 0 aliphatic rings. The number of anilines is 4. The predicted octanol–water partition coefficient (Wildman–Crippen LogP) is 3.28. The number of carbonyl (C=O) groups is 1. The van der Waals surface area contributed by atoms with Crippen LogP contribution in [0, 0.1) is 6.92 Å². The second kappa shape index (κ2) is 9.66. The summed E-state index contributed by atoms with van der Waals surface area (Å²) < 4.78 is 42.3. The first-order valence-electron chi connectivity index (χ1n) is 9.43. The van der Waals surface area contributed by atoms with Gasteiger partial charge in [-0.3, -0.25) is 14.3 Å². The normalized spacial score (nSPS) is 11.3. The first kappa shape index (κ1) is 23.0. The Morgan fingerprint density at radius 3 is 2.59 bits per heavy atom. The fourth-order valence-electron chi connectivity index (χ4n) is 2.86. The quantitative estimate of drug-likeness (QED) is 0.308. The third-order valence-corrected chi connectivity index (χ3v) is 4.27. The number of alkyl halides is 3. The van der Waals surface area contributed by atoms with Crippen molar-refractivity contribution >= 4 is 28.9 Å². The minimum atomic E-state index is -4.68. The molecule has 0 fully saturated rings. The van der Waals surface area contributed by atoms with Crippen LogP contribution in [0.4, 0.5) is 36.2 Å². The summed E-state index contributed by atoms with van der Waals surface area (Å²) in [5, 5.41) is 18.5. The maximum atomic E-state index is 13.6. The van der Waals surface area contributed by atoms with Gasteiger partial charge in [-0.05, 0) is 19.1 Å². The molecule has 1 amide bonds. The fraction of sp³-hybridized carbons (Fsp3) is 0.250. The van der Waals surface area contributed by atoms with Gasteiger partial charge in [0, 0.05) is 25.4 Å². The lowest BCUT2D eigenvalue weighted by Crippen LogP contribution is -2.26. The molecule has 3 aromatic rings. The molecule has 12 heteroatoms. The van der Waals surface area contributed by atoms with E-state index in [-0.39, 0.29) is 36.0 Å². The highest BCUT2D eigenvalue weighted by atomic mass is 19.4. The summed E-state index contributed by atoms with van der Waals surface area (Å²) in [7, 11) is 1.69. The number of aliphatic hydroxyl groups excluding tert-OH is 1. The van der Waals surface area contributed by atoms with Gasteiger partial charge in [0.25, 0.3) is 5.91 Å². The van der Waals surface area contributed by atoms with E-state index in [0.29, 0.717) is 12.0 Å². The minimum Gasteiger partial charge on any atom is -0.394 e. The van der Waals surface area contributed by atoms with Crippen molar-refractivity contribution in [2.24, 2.45) is 7.05 Å². The Morgan fingerprint density at radius 2 is 1.94 bits per heavy atom. The number of aryl methyl sites for hydroxylation is 2. The Hall–Kier alpha value is -3.64. The van der Waals surface area contributed by atoms with Crippen LogP contribution >= 0.6 is 0 Å². The molecule has 4 N–H and O–H groups in total. The van der Waals surface area contributed by atoms with Crippen LogP contribution in [0.2, 0.25) is 0 Å². The number of nitrogens with zero attached hydrogens (tertiary/aromatic N) is 3. The maximum absolute atomic E-state index is 13.6. The van der Waals surface area contributed by atoms with E-state index in [1.807, 2.05) is 0 Å². The van der Waals surface area contributed by atoms with Gasteiger partial charge in [0.15, 0.2) is 0 Å². The molecule has 0 saturated carbocycles. The van der Waals surface area contributed by atoms with Crippen LogP contribution in [0.1, 0.15) is 21.6 Å². The summed E-state index contributed by atoms with van der Waals surface area (Å²) in [6.07, 6.45) is -3.97. The van der Waals surface area contributed by atoms with Crippen LogP contribution in [0.5, 0.6) is 0 Å². The Kier molecular flexibility index (Phi) is 6.95. The Balaban J connectivity index is 1.94. The van der Waals surface area contributed by atoms with Gasteiger partial charge in [0.05, 0.1) is 41.4 Å². The number of aliphatic hydroxyl groups is 1. The lowest BCUT2D eigenvalue weighted by atomic mass is 10.1. The smallest absolute Gasteiger partial charge is 0.394 e. The van der Waals surface area contributed by atoms with Crippen LogP contribution in [-0.2, 0) is 18.1 Å². The second-order valence-electron chi connectivity index (χ2n) is 6.71. The first-order valence-corrected chi connectivity index (χ1v) is 9.43. The summed E-state index contributed by atoms with van der Waals surface area (Å²) in [5.41, 5.74) is 1.72. The topological polar surface area (TPSA) is 113 Å². The lowest BCUT2D eigenvalue weighted by molar-refractivity contribution is -0.137. The van der Waals surface area contributed by atoms with E-state index in [2.05, 4.69) is 26.2 Å². The Bertz CT molecular complexity index is 1100. The average molecular weight is 450 g/mol. The molecular weight excluding hydrogens is 429 g/mol. The zero-order valence-electron chi connectivity index (χ0n) is 17.2. The molecule has 0 spiro atoms. The number of para-hydroxylation sites is 1. The number of amides is 1. The summed E-state index contributed by atoms with van der Waals surface area (Å²) in [5.74, 6) is 0.00565. The summed E-state index contributed by atoms with van der Waals surface area (Å²) in [6.45, 7) is 1.34. The number of hydroxylamine groups is 1. The van der Waals surface area contributed by atoms with E-state index < -0.39 is 17.6 Å². The summed E-state index contributed by atoms with van der Waals surface area (Å²) in [6, 6.07) is 8.92. The van der Waals surface area contributed by atoms with E-state index in [4.69, 9.17) is 9.94 Å². The molecule has 0 saturated heterocycles. The van der Waals surface area contributed by atoms with Crippen molar-refractivity contribution in [1.82, 2.24) is 20.2 Å². The molecule has 3 rings (SSSR count). The zero-order valence-corrected chi connectivity index (χ0v) is 17.2. The van der Waals surface area contributed by atoms with Crippen molar-refractivity contribution in [1.29, 1.82) is 0 Å². The molecule has 0 bridgehead atoms. The van der Waals surface area contributed by atoms with Crippen LogP contribution in [0.15, 0.2) is 42.6 Å². The van der Waals surface area contributed by atoms with Crippen LogP contribution in [0.3, 0.4) is 0 Å². The van der Waals surface area contributed by atoms with Crippen LogP contribution < -0.4 is 16.1 Å². The molecule has 2 aromatic heterocycles. The van der Waals surface area contributed by atoms with E-state index in [9.17, 15) is 18.0 Å². The van der Waals surface area contributed by atoms with Crippen molar-refractivity contribution < 1.29 is 27.9 Å². The maximum Gasteiger partial charge on any atom is 0.419 e. The summed E-state index contributed by atoms with van der Waals surface area (Å²) in [4.78, 5) is 21.0. The number of carbonyl (C=O) groups excluding carboxylic acids is 1. The molecule has 32 heavy (non-hydrogen) atoms. The molecule has 0 aliphatic carbocycles. The molecule has 0 atom stereocenters. The average Bonchev–Trinajstić information content (AvgIpc) is 3.04. The summed E-state index contributed by atoms with van der Waals surface area (Å²) >= 11 is 0. The molecule has 0 aliphatic heterocycles. The van der Waals surface area contributed by atoms with E-state index in [0.717, 1.165) is 5.69 Å². The number of nitrogens with one attached hydrogen (secondary N) is 3. The molecule has 170 valence electrons. The second-order valence-corrected chi connectivity index (χ2v) is 6.71. The third kappa shape index (κ3) is 5.53. The highest BCUT2D eigenvalue weighted by molar-refractivity contribution is 5.99. The number of rotatable bonds is 8. The molecule has 2 heterocycles. The fourth-order valence-corrected chi connectivity index (χ4v) is 2.86. The number of hydrogen-bond donors (Lipinski definition) is 4. The zero-order chi connectivity index (χ0) is 23.3. The van der Waals surface area contributed by atoms with Crippen LogP contribution in [0.25, 0.3) is 0 Å². The number of hydrogen-bond acceptors (Lipinski definition) is 7. The molecular formula is C20H21F3N6O3. The Labute approximate surface area is 181 Å². The van der Waals surface area contributed by atoms with E-state index in [1.165, 1.54) is 22.9 Å². The lowest BCUT2D eigenvalue weighted by Gasteiger charge is -2.17. The van der Waals surface area contributed by atoms with Crippen LogP contribution in [-0.4, -0.2) is 39.0 Å². The third-order valence-electron chi connectivity index (χ3n) is 4.27. The largest absolute Gasteiger partial charge is 0.419 e. The van der Waals surface area contributed by atoms with Gasteiger partial charge in [-0.25, -0.2) is 10.5 Å². The van der Waals surface area contributed by atoms with Crippen molar-refractivity contribution in [3.05, 3.63) is 59.4 Å². The van der Waals surface area contributed by atoms with E-state index in [1.54, 1.807) is 32.2 Å². The molecule has 9 nitrogen and oxygen atoms in total. The van der Waals surface area contributed by atoms with Crippen molar-refractivity contribution in [2.75, 3.05) is 23.8 Å². The van der Waals surface area contributed by atoms with Gasteiger partial charge in [-0.1, -0.05) is 12.1 Å². The highest BCUT2D eigenvalue weighted by Crippen LogP contribution is 2.37. The van der Waals surface area contributed by atoms with Gasteiger partial charge in [0.1, 0.15) is 11.6 Å². The SMILES string of the molecule is Cc1cc(Nc2cc(Nc3ccccc3C(=O)NOCCO)c(C(F)(F)F)cn2)n(C)n1. The first-order chi connectivity index (χ1) is 15.2. The predicted molar refractivity (Wildman–Crippen MR) is 111 cm³/mol. The number of benzene rings is 1. The number of halogens is 3. The van der Waals surface area contributed by atoms with Gasteiger partial charge >= 0.3 is 6.18 Å². The number of aromatic nitrogens is 3. The van der Waals surface area contributed by atoms with Gasteiger partial charge in [0.2, 0.25) is 0 Å². The minimum absolute atomic E-state index is 0.0483.